The fourth-order valence-corrected chi connectivity index (χ4v) is 9.23. The Labute approximate surface area is 314 Å². The van der Waals surface area contributed by atoms with E-state index in [1.54, 1.807) is 29.2 Å². The van der Waals surface area contributed by atoms with E-state index < -0.39 is 28.9 Å². The molecule has 54 heavy (non-hydrogen) atoms. The number of ether oxygens (including phenoxy) is 2. The van der Waals surface area contributed by atoms with Gasteiger partial charge in [-0.05, 0) is 69.7 Å². The average Bonchev–Trinajstić information content (AvgIpc) is 3.78. The van der Waals surface area contributed by atoms with Crippen molar-refractivity contribution in [2.24, 2.45) is 5.41 Å². The van der Waals surface area contributed by atoms with Crippen molar-refractivity contribution in [3.8, 4) is 29.6 Å². The molecule has 2 aromatic carbocycles. The van der Waals surface area contributed by atoms with Gasteiger partial charge in [-0.15, -0.1) is 6.42 Å². The van der Waals surface area contributed by atoms with Crippen molar-refractivity contribution in [1.82, 2.24) is 24.8 Å². The zero-order valence-electron chi connectivity index (χ0n) is 31.6. The topological polar surface area (TPSA) is 83.9 Å². The second-order valence-corrected chi connectivity index (χ2v) is 16.4. The van der Waals surface area contributed by atoms with E-state index in [9.17, 15) is 9.18 Å². The molecule has 3 saturated heterocycles. The number of terminal acetylenes is 1. The number of piperazine rings is 1. The van der Waals surface area contributed by atoms with Crippen molar-refractivity contribution in [3.05, 3.63) is 53.2 Å². The molecule has 0 radical (unpaired) electrons. The monoisotopic (exact) mass is 740 g/mol. The largest absolute Gasteiger partial charge is 0.461 e. The van der Waals surface area contributed by atoms with Gasteiger partial charge in [-0.1, -0.05) is 44.0 Å². The van der Waals surface area contributed by atoms with Gasteiger partial charge < -0.3 is 19.3 Å². The Morgan fingerprint density at radius 1 is 1.06 bits per heavy atom. The third-order valence-electron chi connectivity index (χ3n) is 11.7. The predicted octanol–water partition coefficient (Wildman–Crippen LogP) is 7.85. The van der Waals surface area contributed by atoms with Gasteiger partial charge in [-0.3, -0.25) is 4.90 Å². The maximum Gasteiger partial charge on any atom is 0.410 e. The van der Waals surface area contributed by atoms with Gasteiger partial charge >= 0.3 is 12.1 Å². The second-order valence-electron chi connectivity index (χ2n) is 16.4. The molecule has 3 unspecified atom stereocenters. The number of alkyl halides is 1. The maximum absolute atomic E-state index is 17.2. The Morgan fingerprint density at radius 3 is 2.59 bits per heavy atom. The molecule has 3 atom stereocenters. The molecule has 4 fully saturated rings. The standard InChI is InChI=1S/C40H41F3N6O3.C2H6/c1-5-26-28(42)11-9-23-7-6-8-27(30(23)26)33-32(43)34-31-29(44-33)12-10-25-19-47(37(50)52-38(2,3)4)15-16-49(25)35(31)46-36(45-34)51-22-40-17-24(41)18-48(40)21-39(20-40)13-14-39;1-2/h1,6-9,11,24-25H,10,12-22H2,2-4H3;1-2H3. The van der Waals surface area contributed by atoms with Gasteiger partial charge in [-0.2, -0.15) is 9.97 Å². The molecule has 1 aliphatic carbocycles. The van der Waals surface area contributed by atoms with Gasteiger partial charge in [-0.25, -0.2) is 22.9 Å². The third kappa shape index (κ3) is 6.18. The van der Waals surface area contributed by atoms with Crippen LogP contribution in [0.1, 0.15) is 78.0 Å². The van der Waals surface area contributed by atoms with Crippen LogP contribution in [-0.2, 0) is 11.2 Å². The van der Waals surface area contributed by atoms with Crippen molar-refractivity contribution in [3.63, 3.8) is 0 Å². The summed E-state index contributed by atoms with van der Waals surface area (Å²) in [5.74, 6) is 1.67. The summed E-state index contributed by atoms with van der Waals surface area (Å²) >= 11 is 0. The zero-order valence-corrected chi connectivity index (χ0v) is 31.6. The molecule has 4 aromatic rings. The molecule has 284 valence electrons. The van der Waals surface area contributed by atoms with Crippen LogP contribution >= 0.6 is 0 Å². The molecule has 1 saturated carbocycles. The van der Waals surface area contributed by atoms with E-state index >= 15 is 8.78 Å². The van der Waals surface area contributed by atoms with Crippen LogP contribution in [0.15, 0.2) is 30.3 Å². The van der Waals surface area contributed by atoms with Crippen LogP contribution in [-0.4, -0.2) is 93.5 Å². The average molecular weight is 741 g/mol. The van der Waals surface area contributed by atoms with Crippen LogP contribution < -0.4 is 9.64 Å². The summed E-state index contributed by atoms with van der Waals surface area (Å²) < 4.78 is 59.3. The Hall–Kier alpha value is -4.63. The van der Waals surface area contributed by atoms with Gasteiger partial charge in [0.15, 0.2) is 5.82 Å². The predicted molar refractivity (Wildman–Crippen MR) is 202 cm³/mol. The Balaban J connectivity index is 0.00000203. The van der Waals surface area contributed by atoms with Crippen LogP contribution in [0.5, 0.6) is 6.01 Å². The number of aromatic nitrogens is 3. The SMILES string of the molecule is C#Cc1c(F)ccc2cccc(-c3nc4c5c(nc(OCC67CC(F)CN6CC6(CC6)C7)nc5c3F)N3CCN(C(=O)OC(C)(C)C)CC3CC4)c12.CC. The number of hydrogen-bond donors (Lipinski definition) is 0. The first-order valence-electron chi connectivity index (χ1n) is 19.2. The van der Waals surface area contributed by atoms with Crippen molar-refractivity contribution in [2.75, 3.05) is 44.2 Å². The van der Waals surface area contributed by atoms with E-state index in [1.165, 1.54) is 6.07 Å². The molecule has 12 heteroatoms. The number of halogens is 3. The van der Waals surface area contributed by atoms with Crippen molar-refractivity contribution in [2.45, 2.75) is 96.5 Å². The molecule has 9 rings (SSSR count). The number of amides is 1. The molecule has 0 N–H and O–H groups in total. The van der Waals surface area contributed by atoms with Gasteiger partial charge in [0.2, 0.25) is 0 Å². The quantitative estimate of drug-likeness (QED) is 0.196. The summed E-state index contributed by atoms with van der Waals surface area (Å²) in [5.41, 5.74) is 0.156. The highest BCUT2D eigenvalue weighted by Crippen LogP contribution is 2.61. The zero-order chi connectivity index (χ0) is 38.2. The minimum absolute atomic E-state index is 0.00128. The van der Waals surface area contributed by atoms with Gasteiger partial charge in [0.1, 0.15) is 41.2 Å². The van der Waals surface area contributed by atoms with Crippen LogP contribution in [0.3, 0.4) is 0 Å². The first kappa shape index (κ1) is 36.4. The number of carbonyl (C=O) groups is 1. The normalized spacial score (nSPS) is 24.1. The molecule has 1 spiro atoms. The number of pyridine rings is 1. The molecule has 1 amide bonds. The highest BCUT2D eigenvalue weighted by molar-refractivity contribution is 6.02. The lowest BCUT2D eigenvalue weighted by Gasteiger charge is -2.41. The summed E-state index contributed by atoms with van der Waals surface area (Å²) in [6.45, 7) is 12.1. The summed E-state index contributed by atoms with van der Waals surface area (Å²) in [7, 11) is 0. The lowest BCUT2D eigenvalue weighted by atomic mass is 9.89. The van der Waals surface area contributed by atoms with Crippen LogP contribution in [0.2, 0.25) is 0 Å². The van der Waals surface area contributed by atoms with E-state index in [0.717, 1.165) is 25.8 Å². The molecule has 5 aliphatic rings. The summed E-state index contributed by atoms with van der Waals surface area (Å²) in [6, 6.07) is 8.02. The fourth-order valence-electron chi connectivity index (χ4n) is 9.23. The maximum atomic E-state index is 17.2. The van der Waals surface area contributed by atoms with Gasteiger partial charge in [0.25, 0.3) is 0 Å². The highest BCUT2D eigenvalue weighted by atomic mass is 19.1. The first-order chi connectivity index (χ1) is 25.9. The van der Waals surface area contributed by atoms with E-state index in [2.05, 4.69) is 15.7 Å². The Bertz CT molecular complexity index is 2200. The van der Waals surface area contributed by atoms with E-state index in [-0.39, 0.29) is 46.9 Å². The molecule has 4 aliphatic heterocycles. The van der Waals surface area contributed by atoms with Crippen molar-refractivity contribution >= 4 is 33.6 Å². The molecule has 6 heterocycles. The molecule has 0 bridgehead atoms. The number of rotatable bonds is 4. The minimum Gasteiger partial charge on any atom is -0.461 e. The summed E-state index contributed by atoms with van der Waals surface area (Å²) in [6.07, 6.45) is 9.02. The number of benzene rings is 2. The number of nitrogens with zero attached hydrogens (tertiary/aromatic N) is 6. The second kappa shape index (κ2) is 13.3. The van der Waals surface area contributed by atoms with Gasteiger partial charge in [0, 0.05) is 56.1 Å². The third-order valence-corrected chi connectivity index (χ3v) is 11.7. The highest BCUT2D eigenvalue weighted by Gasteiger charge is 2.62. The lowest BCUT2D eigenvalue weighted by molar-refractivity contribution is 0.0212. The van der Waals surface area contributed by atoms with Crippen LogP contribution in [0.25, 0.3) is 32.9 Å². The summed E-state index contributed by atoms with van der Waals surface area (Å²) in [5, 5.41) is 1.53. The fraction of sp³-hybridized carbons (Fsp3) is 0.524. The number of carbonyl (C=O) groups excluding carboxylic acids is 1. The van der Waals surface area contributed by atoms with E-state index in [1.807, 2.05) is 34.6 Å². The van der Waals surface area contributed by atoms with Gasteiger partial charge in [0.05, 0.1) is 22.2 Å². The number of fused-ring (bicyclic) bond motifs is 4. The molecular weight excluding hydrogens is 693 g/mol. The smallest absolute Gasteiger partial charge is 0.410 e. The number of anilines is 1. The van der Waals surface area contributed by atoms with Crippen molar-refractivity contribution < 1.29 is 27.4 Å². The van der Waals surface area contributed by atoms with Crippen molar-refractivity contribution in [1.29, 1.82) is 0 Å². The number of aryl methyl sites for hydroxylation is 1. The van der Waals surface area contributed by atoms with E-state index in [4.69, 9.17) is 30.8 Å². The van der Waals surface area contributed by atoms with Crippen LogP contribution in [0.4, 0.5) is 23.8 Å². The lowest BCUT2D eigenvalue weighted by Crippen LogP contribution is -2.55. The summed E-state index contributed by atoms with van der Waals surface area (Å²) in [4.78, 5) is 33.8. The first-order valence-corrected chi connectivity index (χ1v) is 19.2. The number of hydrogen-bond acceptors (Lipinski definition) is 8. The Morgan fingerprint density at radius 2 is 1.85 bits per heavy atom. The molecular formula is C42H47F3N6O3. The Kier molecular flexibility index (Phi) is 8.95. The van der Waals surface area contributed by atoms with E-state index in [0.29, 0.717) is 78.7 Å². The van der Waals surface area contributed by atoms with Crippen LogP contribution in [0, 0.1) is 29.4 Å². The molecule has 2 aromatic heterocycles. The molecule has 9 nitrogen and oxygen atoms in total. The minimum atomic E-state index is -0.934.